The van der Waals surface area contributed by atoms with E-state index in [1.54, 1.807) is 0 Å². The number of rotatable bonds is 5. The molecule has 2 rings (SSSR count). The van der Waals surface area contributed by atoms with Crippen LogP contribution in [-0.2, 0) is 4.79 Å². The van der Waals surface area contributed by atoms with E-state index >= 15 is 0 Å². The lowest BCUT2D eigenvalue weighted by atomic mass is 10.1. The zero-order valence-corrected chi connectivity index (χ0v) is 12.1. The van der Waals surface area contributed by atoms with Crippen LogP contribution in [0.1, 0.15) is 23.7 Å². The number of nitrogens with one attached hydrogen (secondary N) is 1. The lowest BCUT2D eigenvalue weighted by Crippen LogP contribution is -2.30. The highest BCUT2D eigenvalue weighted by atomic mass is 19.1. The van der Waals surface area contributed by atoms with Crippen molar-refractivity contribution in [3.8, 4) is 0 Å². The van der Waals surface area contributed by atoms with E-state index in [9.17, 15) is 14.0 Å². The first-order chi connectivity index (χ1) is 9.93. The molecule has 2 atom stereocenters. The average Bonchev–Trinajstić information content (AvgIpc) is 3.17. The Kier molecular flexibility index (Phi) is 4.57. The highest BCUT2D eigenvalue weighted by Crippen LogP contribution is 2.38. The number of hydrogen-bond donors (Lipinski definition) is 2. The molecule has 1 fully saturated rings. The third kappa shape index (κ3) is 3.58. The van der Waals surface area contributed by atoms with E-state index in [0.29, 0.717) is 11.6 Å². The molecule has 0 aromatic heterocycles. The van der Waals surface area contributed by atoms with Crippen molar-refractivity contribution in [1.29, 1.82) is 0 Å². The summed E-state index contributed by atoms with van der Waals surface area (Å²) in [6.07, 6.45) is 0.834. The quantitative estimate of drug-likeness (QED) is 0.864. The van der Waals surface area contributed by atoms with Gasteiger partial charge in [-0.15, -0.1) is 0 Å². The van der Waals surface area contributed by atoms with Gasteiger partial charge in [0.15, 0.2) is 0 Å². The van der Waals surface area contributed by atoms with E-state index in [0.717, 1.165) is 12.5 Å². The molecule has 6 heteroatoms. The van der Waals surface area contributed by atoms with Gasteiger partial charge in [0, 0.05) is 19.5 Å². The summed E-state index contributed by atoms with van der Waals surface area (Å²) in [5.41, 5.74) is 0.392. The Bertz CT molecular complexity index is 562. The van der Waals surface area contributed by atoms with Gasteiger partial charge in [0.25, 0.3) is 5.91 Å². The second-order valence-electron chi connectivity index (χ2n) is 5.45. The molecule has 0 heterocycles. The van der Waals surface area contributed by atoms with Crippen LogP contribution >= 0.6 is 0 Å². The highest BCUT2D eigenvalue weighted by molar-refractivity contribution is 6.04. The molecule has 21 heavy (non-hydrogen) atoms. The number of benzene rings is 1. The number of hydrogen-bond acceptors (Lipinski definition) is 3. The number of aliphatic hydroxyl groups excluding tert-OH is 1. The fourth-order valence-corrected chi connectivity index (χ4v) is 2.17. The molecule has 0 aliphatic heterocycles. The Hall–Kier alpha value is -1.95. The van der Waals surface area contributed by atoms with E-state index in [-0.39, 0.29) is 30.5 Å². The molecule has 114 valence electrons. The van der Waals surface area contributed by atoms with Crippen LogP contribution < -0.4 is 5.32 Å². The molecular weight excluding hydrogens is 275 g/mol. The molecule has 1 aromatic carbocycles. The van der Waals surface area contributed by atoms with Gasteiger partial charge in [-0.05, 0) is 30.5 Å². The molecule has 1 saturated carbocycles. The van der Waals surface area contributed by atoms with Crippen molar-refractivity contribution in [3.63, 3.8) is 0 Å². The topological polar surface area (TPSA) is 69.6 Å². The fraction of sp³-hybridized carbons (Fsp3) is 0.467. The Morgan fingerprint density at radius 3 is 2.71 bits per heavy atom. The summed E-state index contributed by atoms with van der Waals surface area (Å²) in [7, 11) is 1.51. The van der Waals surface area contributed by atoms with Crippen LogP contribution in [-0.4, -0.2) is 42.0 Å². The molecule has 1 aromatic rings. The molecule has 0 saturated heterocycles. The minimum absolute atomic E-state index is 0.0341. The SMILES string of the molecule is CC1CC1C(=O)Nc1ccc(F)cc1C(=O)N(C)CCO. The largest absolute Gasteiger partial charge is 0.395 e. The van der Waals surface area contributed by atoms with Crippen LogP contribution in [0.3, 0.4) is 0 Å². The van der Waals surface area contributed by atoms with Gasteiger partial charge in [0.05, 0.1) is 17.9 Å². The molecular formula is C15H19FN2O3. The van der Waals surface area contributed by atoms with Gasteiger partial charge in [-0.1, -0.05) is 6.92 Å². The average molecular weight is 294 g/mol. The van der Waals surface area contributed by atoms with Crippen molar-refractivity contribution in [1.82, 2.24) is 4.90 Å². The first-order valence-corrected chi connectivity index (χ1v) is 6.90. The number of nitrogens with zero attached hydrogens (tertiary/aromatic N) is 1. The van der Waals surface area contributed by atoms with E-state index < -0.39 is 11.7 Å². The van der Waals surface area contributed by atoms with Crippen LogP contribution in [0.15, 0.2) is 18.2 Å². The first kappa shape index (κ1) is 15.4. The predicted molar refractivity (Wildman–Crippen MR) is 76.3 cm³/mol. The van der Waals surface area contributed by atoms with E-state index in [2.05, 4.69) is 5.32 Å². The van der Waals surface area contributed by atoms with Crippen LogP contribution in [0.2, 0.25) is 0 Å². The van der Waals surface area contributed by atoms with Crippen molar-refractivity contribution < 1.29 is 19.1 Å². The Balaban J connectivity index is 2.20. The summed E-state index contributed by atoms with van der Waals surface area (Å²) in [4.78, 5) is 25.5. The zero-order chi connectivity index (χ0) is 15.6. The standard InChI is InChI=1S/C15H19FN2O3/c1-9-7-11(9)14(20)17-13-4-3-10(16)8-12(13)15(21)18(2)5-6-19/h3-4,8-9,11,19H,5-7H2,1-2H3,(H,17,20). The predicted octanol–water partition coefficient (Wildman–Crippen LogP) is 1.48. The van der Waals surface area contributed by atoms with E-state index in [1.807, 2.05) is 6.92 Å². The summed E-state index contributed by atoms with van der Waals surface area (Å²) in [6.45, 7) is 1.94. The van der Waals surface area contributed by atoms with Gasteiger partial charge >= 0.3 is 0 Å². The number of amides is 2. The summed E-state index contributed by atoms with van der Waals surface area (Å²) in [5.74, 6) is -0.820. The van der Waals surface area contributed by atoms with Gasteiger partial charge in [-0.25, -0.2) is 4.39 Å². The summed E-state index contributed by atoms with van der Waals surface area (Å²) < 4.78 is 13.4. The molecule has 1 aliphatic carbocycles. The van der Waals surface area contributed by atoms with Gasteiger partial charge in [0.1, 0.15) is 5.82 Å². The number of carbonyl (C=O) groups is 2. The summed E-state index contributed by atoms with van der Waals surface area (Å²) in [5, 5.41) is 11.6. The first-order valence-electron chi connectivity index (χ1n) is 6.90. The van der Waals surface area contributed by atoms with Gasteiger partial charge in [0.2, 0.25) is 5.91 Å². The fourth-order valence-electron chi connectivity index (χ4n) is 2.17. The lowest BCUT2D eigenvalue weighted by molar-refractivity contribution is -0.117. The number of likely N-dealkylation sites (N-methyl/N-ethyl adjacent to an activating group) is 1. The number of aliphatic hydroxyl groups is 1. The summed E-state index contributed by atoms with van der Waals surface area (Å²) >= 11 is 0. The number of anilines is 1. The van der Waals surface area contributed by atoms with Gasteiger partial charge in [-0.3, -0.25) is 9.59 Å². The minimum atomic E-state index is -0.548. The van der Waals surface area contributed by atoms with Crippen molar-refractivity contribution >= 4 is 17.5 Å². The van der Waals surface area contributed by atoms with Crippen molar-refractivity contribution in [2.45, 2.75) is 13.3 Å². The van der Waals surface area contributed by atoms with Crippen molar-refractivity contribution in [2.75, 3.05) is 25.5 Å². The lowest BCUT2D eigenvalue weighted by Gasteiger charge is -2.18. The van der Waals surface area contributed by atoms with Crippen molar-refractivity contribution in [3.05, 3.63) is 29.6 Å². The van der Waals surface area contributed by atoms with Gasteiger partial charge in [-0.2, -0.15) is 0 Å². The monoisotopic (exact) mass is 294 g/mol. The molecule has 2 amide bonds. The third-order valence-electron chi connectivity index (χ3n) is 3.70. The van der Waals surface area contributed by atoms with Gasteiger partial charge < -0.3 is 15.3 Å². The van der Waals surface area contributed by atoms with Crippen LogP contribution in [0.5, 0.6) is 0 Å². The maximum Gasteiger partial charge on any atom is 0.255 e. The Morgan fingerprint density at radius 1 is 1.48 bits per heavy atom. The molecule has 0 radical (unpaired) electrons. The summed E-state index contributed by atoms with van der Waals surface area (Å²) in [6, 6.07) is 3.69. The minimum Gasteiger partial charge on any atom is -0.395 e. The molecule has 0 spiro atoms. The van der Waals surface area contributed by atoms with E-state index in [1.165, 1.54) is 24.1 Å². The normalized spacial score (nSPS) is 20.0. The molecule has 5 nitrogen and oxygen atoms in total. The number of halogens is 1. The molecule has 0 bridgehead atoms. The molecule has 2 N–H and O–H groups in total. The molecule has 1 aliphatic rings. The van der Waals surface area contributed by atoms with Crippen molar-refractivity contribution in [2.24, 2.45) is 11.8 Å². The maximum absolute atomic E-state index is 13.4. The third-order valence-corrected chi connectivity index (χ3v) is 3.70. The Labute approximate surface area is 122 Å². The van der Waals surface area contributed by atoms with Crippen LogP contribution in [0.4, 0.5) is 10.1 Å². The van der Waals surface area contributed by atoms with Crippen LogP contribution in [0, 0.1) is 17.7 Å². The highest BCUT2D eigenvalue weighted by Gasteiger charge is 2.39. The maximum atomic E-state index is 13.4. The molecule has 2 unspecified atom stereocenters. The second kappa shape index (κ2) is 6.22. The van der Waals surface area contributed by atoms with Crippen LogP contribution in [0.25, 0.3) is 0 Å². The number of carbonyl (C=O) groups excluding carboxylic acids is 2. The van der Waals surface area contributed by atoms with E-state index in [4.69, 9.17) is 5.11 Å². The smallest absolute Gasteiger partial charge is 0.255 e. The zero-order valence-electron chi connectivity index (χ0n) is 12.1. The Morgan fingerprint density at radius 2 is 2.14 bits per heavy atom. The second-order valence-corrected chi connectivity index (χ2v) is 5.45.